The molecule has 9 heteroatoms. The number of nitrogens with zero attached hydrogens (tertiary/aromatic N) is 2. The predicted octanol–water partition coefficient (Wildman–Crippen LogP) is 1.67. The molecule has 1 amide bonds. The van der Waals surface area contributed by atoms with Crippen molar-refractivity contribution in [1.82, 2.24) is 4.90 Å². The zero-order valence-corrected chi connectivity index (χ0v) is 14.5. The summed E-state index contributed by atoms with van der Waals surface area (Å²) in [7, 11) is -3.69. The maximum absolute atomic E-state index is 11.7. The van der Waals surface area contributed by atoms with E-state index in [1.165, 1.54) is 18.2 Å². The van der Waals surface area contributed by atoms with Gasteiger partial charge >= 0.3 is 0 Å². The summed E-state index contributed by atoms with van der Waals surface area (Å²) in [5.74, 6) is 0.451. The average Bonchev–Trinajstić information content (AvgIpc) is 2.52. The number of nitro groups is 1. The van der Waals surface area contributed by atoms with Gasteiger partial charge in [-0.15, -0.1) is 0 Å². The lowest BCUT2D eigenvalue weighted by atomic mass is 9.96. The van der Waals surface area contributed by atoms with Crippen LogP contribution in [0.15, 0.2) is 23.1 Å². The first kappa shape index (κ1) is 18.2. The fourth-order valence-corrected chi connectivity index (χ4v) is 3.65. The number of sulfone groups is 1. The molecule has 1 aromatic rings. The average molecular weight is 355 g/mol. The Balaban J connectivity index is 2.04. The molecule has 0 bridgehead atoms. The van der Waals surface area contributed by atoms with Crippen LogP contribution in [0.25, 0.3) is 0 Å². The van der Waals surface area contributed by atoms with Crippen LogP contribution in [0.4, 0.5) is 11.4 Å². The van der Waals surface area contributed by atoms with Crippen LogP contribution in [-0.4, -0.2) is 50.0 Å². The molecule has 0 aliphatic carbocycles. The number of hydrogen-bond donors (Lipinski definition) is 1. The normalized spacial score (nSPS) is 16.0. The number of amides is 1. The van der Waals surface area contributed by atoms with Gasteiger partial charge in [-0.2, -0.15) is 0 Å². The lowest BCUT2D eigenvalue weighted by molar-refractivity contribution is -0.387. The Bertz CT molecular complexity index is 739. The highest BCUT2D eigenvalue weighted by Crippen LogP contribution is 2.27. The van der Waals surface area contributed by atoms with Crippen LogP contribution in [0, 0.1) is 16.0 Å². The lowest BCUT2D eigenvalue weighted by Gasteiger charge is -2.31. The molecule has 0 atom stereocenters. The van der Waals surface area contributed by atoms with Gasteiger partial charge in [-0.05, 0) is 30.9 Å². The van der Waals surface area contributed by atoms with Crippen LogP contribution in [0.1, 0.15) is 19.8 Å². The van der Waals surface area contributed by atoms with Crippen molar-refractivity contribution in [3.63, 3.8) is 0 Å². The molecule has 0 spiro atoms. The Morgan fingerprint density at radius 1 is 1.38 bits per heavy atom. The predicted molar refractivity (Wildman–Crippen MR) is 89.7 cm³/mol. The summed E-state index contributed by atoms with van der Waals surface area (Å²) in [6.07, 6.45) is 2.70. The lowest BCUT2D eigenvalue weighted by Crippen LogP contribution is -2.38. The highest BCUT2D eigenvalue weighted by molar-refractivity contribution is 7.90. The number of piperidine rings is 1. The summed E-state index contributed by atoms with van der Waals surface area (Å²) >= 11 is 0. The van der Waals surface area contributed by atoms with Gasteiger partial charge in [0.25, 0.3) is 5.69 Å². The molecule has 2 rings (SSSR count). The van der Waals surface area contributed by atoms with E-state index in [-0.39, 0.29) is 10.8 Å². The van der Waals surface area contributed by atoms with Gasteiger partial charge in [-0.1, -0.05) is 0 Å². The molecule has 0 saturated carbocycles. The molecular formula is C15H21N3O5S. The molecule has 1 aliphatic rings. The smallest absolute Gasteiger partial charge is 0.288 e. The summed E-state index contributed by atoms with van der Waals surface area (Å²) < 4.78 is 23.5. The minimum Gasteiger partial charge on any atom is -0.385 e. The van der Waals surface area contributed by atoms with Gasteiger partial charge in [0.1, 0.15) is 4.90 Å². The molecule has 1 N–H and O–H groups in total. The van der Waals surface area contributed by atoms with E-state index in [1.807, 2.05) is 4.90 Å². The number of nitro benzene ring substituents is 1. The van der Waals surface area contributed by atoms with Crippen molar-refractivity contribution in [3.8, 4) is 0 Å². The number of carbonyl (C=O) groups is 1. The van der Waals surface area contributed by atoms with Crippen molar-refractivity contribution in [2.45, 2.75) is 24.7 Å². The first-order valence-electron chi connectivity index (χ1n) is 7.66. The number of nitrogens with one attached hydrogen (secondary N) is 1. The number of rotatable bonds is 5. The Morgan fingerprint density at radius 2 is 2.00 bits per heavy atom. The minimum absolute atomic E-state index is 0.0783. The van der Waals surface area contributed by atoms with E-state index in [0.29, 0.717) is 18.2 Å². The van der Waals surface area contributed by atoms with E-state index in [4.69, 9.17) is 0 Å². The zero-order chi connectivity index (χ0) is 17.9. The fraction of sp³-hybridized carbons (Fsp3) is 0.533. The molecule has 132 valence electrons. The van der Waals surface area contributed by atoms with Crippen LogP contribution < -0.4 is 5.32 Å². The van der Waals surface area contributed by atoms with E-state index in [2.05, 4.69) is 5.32 Å². The van der Waals surface area contributed by atoms with Crippen LogP contribution >= 0.6 is 0 Å². The second kappa shape index (κ2) is 7.16. The van der Waals surface area contributed by atoms with Crippen LogP contribution in [-0.2, 0) is 14.6 Å². The Morgan fingerprint density at radius 3 is 2.50 bits per heavy atom. The number of hydrogen-bond acceptors (Lipinski definition) is 6. The molecule has 24 heavy (non-hydrogen) atoms. The van der Waals surface area contributed by atoms with Crippen LogP contribution in [0.5, 0.6) is 0 Å². The van der Waals surface area contributed by atoms with Gasteiger partial charge in [0.15, 0.2) is 9.84 Å². The molecule has 8 nitrogen and oxygen atoms in total. The van der Waals surface area contributed by atoms with E-state index < -0.39 is 20.4 Å². The van der Waals surface area contributed by atoms with Crippen LogP contribution in [0.2, 0.25) is 0 Å². The summed E-state index contributed by atoms with van der Waals surface area (Å²) in [5.41, 5.74) is 0.118. The van der Waals surface area contributed by atoms with Crippen molar-refractivity contribution >= 4 is 27.1 Å². The van der Waals surface area contributed by atoms with Gasteiger partial charge in [-0.3, -0.25) is 14.9 Å². The van der Waals surface area contributed by atoms with E-state index in [9.17, 15) is 23.3 Å². The highest BCUT2D eigenvalue weighted by Gasteiger charge is 2.23. The highest BCUT2D eigenvalue weighted by atomic mass is 32.2. The first-order chi connectivity index (χ1) is 11.2. The minimum atomic E-state index is -3.69. The molecule has 0 radical (unpaired) electrons. The maximum Gasteiger partial charge on any atom is 0.288 e. The number of anilines is 1. The van der Waals surface area contributed by atoms with Crippen molar-refractivity contribution in [1.29, 1.82) is 0 Å². The Kier molecular flexibility index (Phi) is 5.43. The number of likely N-dealkylation sites (tertiary alicyclic amines) is 1. The molecule has 0 aromatic heterocycles. The Labute approximate surface area is 140 Å². The standard InChI is InChI=1S/C15H21N3O5S/c1-11(19)17-7-5-12(6-8-17)10-16-13-3-4-14(18(20)21)15(9-13)24(2,22)23/h3-4,9,12,16H,5-8,10H2,1-2H3. The third-order valence-corrected chi connectivity index (χ3v) is 5.34. The van der Waals surface area contributed by atoms with Gasteiger partial charge in [0.05, 0.1) is 4.92 Å². The van der Waals surface area contributed by atoms with Gasteiger partial charge in [-0.25, -0.2) is 8.42 Å². The summed E-state index contributed by atoms with van der Waals surface area (Å²) in [4.78, 5) is 23.1. The van der Waals surface area contributed by atoms with E-state index >= 15 is 0 Å². The SMILES string of the molecule is CC(=O)N1CCC(CNc2ccc([N+](=O)[O-])c(S(C)(=O)=O)c2)CC1. The molecule has 1 saturated heterocycles. The maximum atomic E-state index is 11.7. The van der Waals surface area contributed by atoms with Crippen molar-refractivity contribution in [3.05, 3.63) is 28.3 Å². The van der Waals surface area contributed by atoms with E-state index in [0.717, 1.165) is 32.2 Å². The first-order valence-corrected chi connectivity index (χ1v) is 9.55. The third kappa shape index (κ3) is 4.44. The Hall–Kier alpha value is -2.16. The van der Waals surface area contributed by atoms with Gasteiger partial charge < -0.3 is 10.2 Å². The second-order valence-electron chi connectivity index (χ2n) is 6.04. The summed E-state index contributed by atoms with van der Waals surface area (Å²) in [6, 6.07) is 4.02. The largest absolute Gasteiger partial charge is 0.385 e. The molecule has 1 aromatic carbocycles. The van der Waals surface area contributed by atoms with Crippen molar-refractivity contribution in [2.75, 3.05) is 31.2 Å². The van der Waals surface area contributed by atoms with Gasteiger partial charge in [0.2, 0.25) is 5.91 Å². The molecule has 0 unspecified atom stereocenters. The zero-order valence-electron chi connectivity index (χ0n) is 13.7. The molecule has 1 heterocycles. The van der Waals surface area contributed by atoms with E-state index in [1.54, 1.807) is 6.92 Å². The fourth-order valence-electron chi connectivity index (χ4n) is 2.79. The summed E-state index contributed by atoms with van der Waals surface area (Å²) in [5, 5.41) is 14.1. The number of carbonyl (C=O) groups excluding carboxylic acids is 1. The molecule has 1 aliphatic heterocycles. The topological polar surface area (TPSA) is 110 Å². The molecule has 1 fully saturated rings. The van der Waals surface area contributed by atoms with Gasteiger partial charge in [0, 0.05) is 44.6 Å². The van der Waals surface area contributed by atoms with Crippen molar-refractivity contribution in [2.24, 2.45) is 5.92 Å². The third-order valence-electron chi connectivity index (χ3n) is 4.21. The molecular weight excluding hydrogens is 334 g/mol. The second-order valence-corrected chi connectivity index (χ2v) is 8.03. The monoisotopic (exact) mass is 355 g/mol. The summed E-state index contributed by atoms with van der Waals surface area (Å²) in [6.45, 7) is 3.63. The quantitative estimate of drug-likeness (QED) is 0.635. The number of benzene rings is 1. The van der Waals surface area contributed by atoms with Crippen LogP contribution in [0.3, 0.4) is 0 Å². The van der Waals surface area contributed by atoms with Crippen molar-refractivity contribution < 1.29 is 18.1 Å².